The lowest BCUT2D eigenvalue weighted by Crippen LogP contribution is -2.37. The molecule has 1 saturated carbocycles. The number of carbonyl (C=O) groups excluding carboxylic acids is 1. The predicted molar refractivity (Wildman–Crippen MR) is 70.2 cm³/mol. The molecular formula is C15H16N2O2. The SMILES string of the molecule is [C-]#[N+]/C(C#N)=C1\CCCCC1(CC#C)C(=O)OCC. The topological polar surface area (TPSA) is 54.5 Å². The third-order valence-electron chi connectivity index (χ3n) is 3.43. The van der Waals surface area contributed by atoms with Crippen molar-refractivity contribution in [2.24, 2.45) is 5.41 Å². The maximum atomic E-state index is 12.3. The van der Waals surface area contributed by atoms with E-state index in [0.717, 1.165) is 12.8 Å². The molecule has 19 heavy (non-hydrogen) atoms. The Morgan fingerprint density at radius 2 is 2.37 bits per heavy atom. The first-order valence-electron chi connectivity index (χ1n) is 6.28. The minimum absolute atomic E-state index is 0.0111. The second-order valence-corrected chi connectivity index (χ2v) is 4.44. The Bertz CT molecular complexity index is 498. The summed E-state index contributed by atoms with van der Waals surface area (Å²) in [6, 6.07) is 1.88. The van der Waals surface area contributed by atoms with Crippen LogP contribution in [-0.4, -0.2) is 12.6 Å². The van der Waals surface area contributed by atoms with Crippen LogP contribution in [0.2, 0.25) is 0 Å². The van der Waals surface area contributed by atoms with Crippen LogP contribution in [0.5, 0.6) is 0 Å². The smallest absolute Gasteiger partial charge is 0.315 e. The molecule has 0 aromatic carbocycles. The Hall–Kier alpha value is -2.25. The highest BCUT2D eigenvalue weighted by molar-refractivity contribution is 5.82. The molecule has 1 unspecified atom stereocenters. The van der Waals surface area contributed by atoms with E-state index in [4.69, 9.17) is 23.0 Å². The van der Waals surface area contributed by atoms with Gasteiger partial charge >= 0.3 is 5.97 Å². The lowest BCUT2D eigenvalue weighted by molar-refractivity contribution is -0.154. The quantitative estimate of drug-likeness (QED) is 0.337. The summed E-state index contributed by atoms with van der Waals surface area (Å²) >= 11 is 0. The number of ether oxygens (including phenoxy) is 1. The van der Waals surface area contributed by atoms with Crippen molar-refractivity contribution in [3.05, 3.63) is 22.7 Å². The number of terminal acetylenes is 1. The third-order valence-corrected chi connectivity index (χ3v) is 3.43. The molecule has 1 rings (SSSR count). The molecule has 98 valence electrons. The standard InChI is InChI=1S/C15H16N2O2/c1-4-9-15(14(18)19-5-2)10-7-6-8-12(15)13(11-16)17-3/h1H,5-10H2,2H3/b13-12+. The van der Waals surface area contributed by atoms with E-state index in [2.05, 4.69) is 10.8 Å². The molecule has 4 nitrogen and oxygen atoms in total. The number of hydrogen-bond acceptors (Lipinski definition) is 3. The van der Waals surface area contributed by atoms with Crippen LogP contribution in [0.1, 0.15) is 39.0 Å². The van der Waals surface area contributed by atoms with Gasteiger partial charge in [-0.05, 0) is 25.3 Å². The molecule has 0 heterocycles. The van der Waals surface area contributed by atoms with Crippen molar-refractivity contribution in [2.45, 2.75) is 39.0 Å². The van der Waals surface area contributed by atoms with Gasteiger partial charge in [0.2, 0.25) is 0 Å². The van der Waals surface area contributed by atoms with Crippen LogP contribution in [0.3, 0.4) is 0 Å². The summed E-state index contributed by atoms with van der Waals surface area (Å²) in [5.41, 5.74) is -0.422. The van der Waals surface area contributed by atoms with Gasteiger partial charge in [0, 0.05) is 6.42 Å². The van der Waals surface area contributed by atoms with E-state index < -0.39 is 11.4 Å². The zero-order valence-electron chi connectivity index (χ0n) is 11.0. The van der Waals surface area contributed by atoms with Crippen LogP contribution in [0.4, 0.5) is 0 Å². The number of allylic oxidation sites excluding steroid dienone is 1. The van der Waals surface area contributed by atoms with E-state index in [1.165, 1.54) is 0 Å². The maximum absolute atomic E-state index is 12.3. The highest BCUT2D eigenvalue weighted by atomic mass is 16.5. The average molecular weight is 256 g/mol. The molecule has 1 atom stereocenters. The van der Waals surface area contributed by atoms with Gasteiger partial charge in [0.15, 0.2) is 0 Å². The van der Waals surface area contributed by atoms with Crippen molar-refractivity contribution < 1.29 is 9.53 Å². The van der Waals surface area contributed by atoms with Crippen molar-refractivity contribution in [2.75, 3.05) is 6.61 Å². The summed E-state index contributed by atoms with van der Waals surface area (Å²) in [5, 5.41) is 9.07. The molecular weight excluding hydrogens is 240 g/mol. The van der Waals surface area contributed by atoms with E-state index in [-0.39, 0.29) is 18.7 Å². The van der Waals surface area contributed by atoms with Gasteiger partial charge in [0.25, 0.3) is 5.70 Å². The van der Waals surface area contributed by atoms with E-state index >= 15 is 0 Å². The second-order valence-electron chi connectivity index (χ2n) is 4.44. The van der Waals surface area contributed by atoms with Crippen molar-refractivity contribution >= 4 is 5.97 Å². The number of carbonyl (C=O) groups is 1. The lowest BCUT2D eigenvalue weighted by Gasteiger charge is -2.36. The fraction of sp³-hybridized carbons (Fsp3) is 0.533. The van der Waals surface area contributed by atoms with Gasteiger partial charge in [0.1, 0.15) is 0 Å². The molecule has 0 radical (unpaired) electrons. The molecule has 0 amide bonds. The molecule has 0 bridgehead atoms. The predicted octanol–water partition coefficient (Wildman–Crippen LogP) is 2.83. The third kappa shape index (κ3) is 2.78. The van der Waals surface area contributed by atoms with Gasteiger partial charge in [-0.25, -0.2) is 10.1 Å². The van der Waals surface area contributed by atoms with E-state index in [1.54, 1.807) is 6.92 Å². The van der Waals surface area contributed by atoms with Crippen LogP contribution in [0, 0.1) is 35.7 Å². The minimum atomic E-state index is -0.974. The summed E-state index contributed by atoms with van der Waals surface area (Å²) in [5.74, 6) is 2.10. The summed E-state index contributed by atoms with van der Waals surface area (Å²) in [6.45, 7) is 9.08. The van der Waals surface area contributed by atoms with Gasteiger partial charge in [-0.3, -0.25) is 4.79 Å². The number of nitrogens with zero attached hydrogens (tertiary/aromatic N) is 2. The minimum Gasteiger partial charge on any atom is -0.465 e. The first-order chi connectivity index (χ1) is 9.16. The zero-order valence-corrected chi connectivity index (χ0v) is 11.0. The number of hydrogen-bond donors (Lipinski definition) is 0. The first-order valence-corrected chi connectivity index (χ1v) is 6.28. The Morgan fingerprint density at radius 1 is 1.63 bits per heavy atom. The second kappa shape index (κ2) is 6.62. The molecule has 0 aromatic heterocycles. The van der Waals surface area contributed by atoms with Crippen LogP contribution < -0.4 is 0 Å². The first kappa shape index (κ1) is 14.8. The molecule has 0 N–H and O–H groups in total. The van der Waals surface area contributed by atoms with Crippen LogP contribution in [0.25, 0.3) is 4.85 Å². The molecule has 0 aliphatic heterocycles. The van der Waals surface area contributed by atoms with Gasteiger partial charge in [0.05, 0.1) is 24.7 Å². The highest BCUT2D eigenvalue weighted by Gasteiger charge is 2.45. The summed E-state index contributed by atoms with van der Waals surface area (Å²) < 4.78 is 5.13. The molecule has 1 aliphatic rings. The van der Waals surface area contributed by atoms with E-state index in [9.17, 15) is 4.79 Å². The number of esters is 1. The van der Waals surface area contributed by atoms with Crippen molar-refractivity contribution in [1.29, 1.82) is 5.26 Å². The van der Waals surface area contributed by atoms with Crippen LogP contribution in [-0.2, 0) is 9.53 Å². The Labute approximate surface area is 113 Å². The Morgan fingerprint density at radius 3 is 2.89 bits per heavy atom. The summed E-state index contributed by atoms with van der Waals surface area (Å²) in [6.07, 6.45) is 8.39. The maximum Gasteiger partial charge on any atom is 0.315 e. The molecule has 0 saturated heterocycles. The Balaban J connectivity index is 3.37. The van der Waals surface area contributed by atoms with E-state index in [1.807, 2.05) is 6.07 Å². The number of nitriles is 1. The fourth-order valence-electron chi connectivity index (χ4n) is 2.56. The van der Waals surface area contributed by atoms with Gasteiger partial charge in [-0.1, -0.05) is 12.8 Å². The lowest BCUT2D eigenvalue weighted by atomic mass is 9.67. The van der Waals surface area contributed by atoms with Crippen LogP contribution >= 0.6 is 0 Å². The zero-order chi connectivity index (χ0) is 14.3. The van der Waals surface area contributed by atoms with Crippen LogP contribution in [0.15, 0.2) is 11.3 Å². The fourth-order valence-corrected chi connectivity index (χ4v) is 2.56. The molecule has 0 aromatic rings. The van der Waals surface area contributed by atoms with Gasteiger partial charge in [-0.15, -0.1) is 12.3 Å². The van der Waals surface area contributed by atoms with Crippen molar-refractivity contribution in [1.82, 2.24) is 0 Å². The number of rotatable bonds is 3. The molecule has 0 spiro atoms. The average Bonchev–Trinajstić information content (AvgIpc) is 2.42. The molecule has 1 fully saturated rings. The summed E-state index contributed by atoms with van der Waals surface area (Å²) in [4.78, 5) is 15.5. The Kier molecular flexibility index (Phi) is 5.16. The van der Waals surface area contributed by atoms with Gasteiger partial charge < -0.3 is 4.74 Å². The van der Waals surface area contributed by atoms with E-state index in [0.29, 0.717) is 18.4 Å². The normalized spacial score (nSPS) is 24.5. The molecule has 1 aliphatic carbocycles. The highest BCUT2D eigenvalue weighted by Crippen LogP contribution is 2.46. The molecule has 4 heteroatoms. The summed E-state index contributed by atoms with van der Waals surface area (Å²) in [7, 11) is 0. The largest absolute Gasteiger partial charge is 0.465 e. The van der Waals surface area contributed by atoms with Gasteiger partial charge in [-0.2, -0.15) is 0 Å². The monoisotopic (exact) mass is 256 g/mol. The van der Waals surface area contributed by atoms with Crippen molar-refractivity contribution in [3.63, 3.8) is 0 Å². The van der Waals surface area contributed by atoms with Crippen molar-refractivity contribution in [3.8, 4) is 18.4 Å².